The van der Waals surface area contributed by atoms with E-state index in [1.165, 1.54) is 6.07 Å². The third-order valence-corrected chi connectivity index (χ3v) is 3.28. The molecule has 0 spiro atoms. The van der Waals surface area contributed by atoms with Crippen molar-refractivity contribution in [2.75, 3.05) is 6.61 Å². The van der Waals surface area contributed by atoms with Gasteiger partial charge in [-0.15, -0.1) is 0 Å². The van der Waals surface area contributed by atoms with E-state index in [0.717, 1.165) is 37.7 Å². The molecule has 7 heteroatoms. The number of phenolic OH excluding ortho intramolecular Hbond substituents is 2. The number of hydrogen-bond donors (Lipinski definition) is 4. The average Bonchev–Trinajstić information content (AvgIpc) is 2.31. The zero-order valence-electron chi connectivity index (χ0n) is 10.8. The van der Waals surface area contributed by atoms with Crippen molar-refractivity contribution in [1.82, 2.24) is 0 Å². The summed E-state index contributed by atoms with van der Waals surface area (Å²) in [5.74, 6) is -0.193. The van der Waals surface area contributed by atoms with Crippen LogP contribution in [0.3, 0.4) is 0 Å². The van der Waals surface area contributed by atoms with Crippen molar-refractivity contribution in [2.24, 2.45) is 11.0 Å². The van der Waals surface area contributed by atoms with Gasteiger partial charge in [0.1, 0.15) is 0 Å². The average molecular weight is 288 g/mol. The first kappa shape index (κ1) is 16.0. The lowest BCUT2D eigenvalue weighted by Crippen LogP contribution is -2.08. The van der Waals surface area contributed by atoms with Crippen molar-refractivity contribution in [3.8, 4) is 11.5 Å². The van der Waals surface area contributed by atoms with Crippen molar-refractivity contribution in [2.45, 2.75) is 32.1 Å². The van der Waals surface area contributed by atoms with Gasteiger partial charge < -0.3 is 14.7 Å². The maximum Gasteiger partial charge on any atom is 0.335 e. The van der Waals surface area contributed by atoms with Gasteiger partial charge in [0.25, 0.3) is 0 Å². The first-order chi connectivity index (χ1) is 8.88. The Labute approximate surface area is 112 Å². The SMILES string of the molecule is NP(N)(=O)OCCCCCCc1ccc(O)c(O)c1. The van der Waals surface area contributed by atoms with Gasteiger partial charge >= 0.3 is 7.67 Å². The van der Waals surface area contributed by atoms with E-state index in [-0.39, 0.29) is 11.5 Å². The van der Waals surface area contributed by atoms with Gasteiger partial charge in [0, 0.05) is 0 Å². The van der Waals surface area contributed by atoms with Gasteiger partial charge in [-0.05, 0) is 37.0 Å². The molecule has 6 nitrogen and oxygen atoms in total. The second-order valence-electron chi connectivity index (χ2n) is 4.47. The van der Waals surface area contributed by atoms with E-state index in [2.05, 4.69) is 0 Å². The number of unbranched alkanes of at least 4 members (excludes halogenated alkanes) is 3. The molecule has 0 aliphatic heterocycles. The minimum Gasteiger partial charge on any atom is -0.504 e. The number of rotatable bonds is 8. The summed E-state index contributed by atoms with van der Waals surface area (Å²) in [4.78, 5) is 0. The minimum absolute atomic E-state index is 0.0902. The molecule has 108 valence electrons. The fraction of sp³-hybridized carbons (Fsp3) is 0.500. The van der Waals surface area contributed by atoms with E-state index >= 15 is 0 Å². The van der Waals surface area contributed by atoms with E-state index in [1.54, 1.807) is 12.1 Å². The van der Waals surface area contributed by atoms with Gasteiger partial charge in [-0.2, -0.15) is 0 Å². The van der Waals surface area contributed by atoms with E-state index in [0.29, 0.717) is 6.61 Å². The van der Waals surface area contributed by atoms with Gasteiger partial charge in [0.2, 0.25) is 0 Å². The number of phenols is 2. The highest BCUT2D eigenvalue weighted by molar-refractivity contribution is 7.53. The first-order valence-corrected chi connectivity index (χ1v) is 7.97. The molecular weight excluding hydrogens is 267 g/mol. The Hall–Kier alpha value is -1.07. The second kappa shape index (κ2) is 7.50. The third kappa shape index (κ3) is 7.18. The van der Waals surface area contributed by atoms with Crippen LogP contribution in [0.5, 0.6) is 11.5 Å². The lowest BCUT2D eigenvalue weighted by Gasteiger charge is -2.07. The molecule has 0 aliphatic rings. The summed E-state index contributed by atoms with van der Waals surface area (Å²) >= 11 is 0. The Morgan fingerprint density at radius 3 is 2.37 bits per heavy atom. The molecule has 0 unspecified atom stereocenters. The van der Waals surface area contributed by atoms with Crippen molar-refractivity contribution in [3.05, 3.63) is 23.8 Å². The quantitative estimate of drug-likeness (QED) is 0.331. The Morgan fingerprint density at radius 1 is 1.05 bits per heavy atom. The van der Waals surface area contributed by atoms with E-state index < -0.39 is 7.67 Å². The van der Waals surface area contributed by atoms with Gasteiger partial charge in [-0.3, -0.25) is 4.57 Å². The maximum absolute atomic E-state index is 10.8. The molecule has 19 heavy (non-hydrogen) atoms. The molecule has 0 aliphatic carbocycles. The van der Waals surface area contributed by atoms with Crippen molar-refractivity contribution >= 4 is 7.67 Å². The molecule has 1 aromatic rings. The largest absolute Gasteiger partial charge is 0.504 e. The van der Waals surface area contributed by atoms with E-state index in [1.807, 2.05) is 0 Å². The van der Waals surface area contributed by atoms with Crippen molar-refractivity contribution < 1.29 is 19.3 Å². The van der Waals surface area contributed by atoms with Crippen LogP contribution in [0.2, 0.25) is 0 Å². The molecule has 0 heterocycles. The molecule has 0 radical (unpaired) electrons. The lowest BCUT2D eigenvalue weighted by atomic mass is 10.1. The molecule has 0 saturated heterocycles. The van der Waals surface area contributed by atoms with Crippen LogP contribution in [-0.4, -0.2) is 16.8 Å². The highest BCUT2D eigenvalue weighted by atomic mass is 31.2. The number of nitrogens with two attached hydrogens (primary N) is 2. The number of aromatic hydroxyl groups is 2. The van der Waals surface area contributed by atoms with Gasteiger partial charge in [-0.1, -0.05) is 18.9 Å². The molecule has 1 aromatic carbocycles. The fourth-order valence-electron chi connectivity index (χ4n) is 1.72. The summed E-state index contributed by atoms with van der Waals surface area (Å²) in [7, 11) is -3.33. The third-order valence-electron chi connectivity index (χ3n) is 2.69. The zero-order chi connectivity index (χ0) is 14.3. The predicted octanol–water partition coefficient (Wildman–Crippen LogP) is 2.24. The highest BCUT2D eigenvalue weighted by Crippen LogP contribution is 2.27. The molecule has 0 saturated carbocycles. The minimum atomic E-state index is -3.33. The van der Waals surface area contributed by atoms with Gasteiger partial charge in [0.05, 0.1) is 6.61 Å². The molecule has 0 atom stereocenters. The summed E-state index contributed by atoms with van der Waals surface area (Å²) in [5, 5.41) is 18.5. The van der Waals surface area contributed by atoms with Crippen molar-refractivity contribution in [3.63, 3.8) is 0 Å². The Bertz CT molecular complexity index is 447. The first-order valence-electron chi connectivity index (χ1n) is 6.21. The number of hydrogen-bond acceptors (Lipinski definition) is 4. The normalized spacial score (nSPS) is 11.7. The standard InChI is InChI=1S/C12H21N2O4P/c13-19(14,17)18-8-4-2-1-3-5-10-6-7-11(15)12(16)9-10/h6-7,9,15-16H,1-5,8H2,(H4,13,14,17). The Morgan fingerprint density at radius 2 is 1.74 bits per heavy atom. The van der Waals surface area contributed by atoms with Crippen LogP contribution in [0.15, 0.2) is 18.2 Å². The van der Waals surface area contributed by atoms with Crippen LogP contribution in [0, 0.1) is 0 Å². The monoisotopic (exact) mass is 288 g/mol. The summed E-state index contributed by atoms with van der Waals surface area (Å²) in [6.45, 7) is 0.310. The maximum atomic E-state index is 10.8. The molecule has 6 N–H and O–H groups in total. The molecule has 0 amide bonds. The van der Waals surface area contributed by atoms with E-state index in [4.69, 9.17) is 15.5 Å². The van der Waals surface area contributed by atoms with Crippen LogP contribution in [-0.2, 0) is 15.5 Å². The fourth-order valence-corrected chi connectivity index (χ4v) is 2.13. The van der Waals surface area contributed by atoms with Crippen LogP contribution < -0.4 is 11.0 Å². The summed E-state index contributed by atoms with van der Waals surface area (Å²) < 4.78 is 15.6. The second-order valence-corrected chi connectivity index (χ2v) is 6.01. The Kier molecular flexibility index (Phi) is 6.31. The van der Waals surface area contributed by atoms with Crippen LogP contribution in [0.4, 0.5) is 0 Å². The molecule has 0 bridgehead atoms. The van der Waals surface area contributed by atoms with Crippen molar-refractivity contribution in [1.29, 1.82) is 0 Å². The predicted molar refractivity (Wildman–Crippen MR) is 73.9 cm³/mol. The smallest absolute Gasteiger partial charge is 0.335 e. The number of aryl methyl sites for hydroxylation is 1. The molecule has 0 fully saturated rings. The topological polar surface area (TPSA) is 119 Å². The lowest BCUT2D eigenvalue weighted by molar-refractivity contribution is 0.302. The van der Waals surface area contributed by atoms with E-state index in [9.17, 15) is 14.8 Å². The Balaban J connectivity index is 2.11. The molecule has 1 rings (SSSR count). The molecular formula is C12H21N2O4P. The van der Waals surface area contributed by atoms with Crippen LogP contribution in [0.25, 0.3) is 0 Å². The van der Waals surface area contributed by atoms with Gasteiger partial charge in [0.15, 0.2) is 11.5 Å². The zero-order valence-corrected chi connectivity index (χ0v) is 11.7. The van der Waals surface area contributed by atoms with Crippen LogP contribution >= 0.6 is 7.67 Å². The van der Waals surface area contributed by atoms with Crippen LogP contribution in [0.1, 0.15) is 31.2 Å². The molecule has 0 aromatic heterocycles. The number of benzene rings is 1. The summed E-state index contributed by atoms with van der Waals surface area (Å²) in [6, 6.07) is 4.84. The summed E-state index contributed by atoms with van der Waals surface area (Å²) in [6.07, 6.45) is 4.49. The summed E-state index contributed by atoms with van der Waals surface area (Å²) in [5.41, 5.74) is 11.1. The van der Waals surface area contributed by atoms with Gasteiger partial charge in [-0.25, -0.2) is 11.0 Å². The highest BCUT2D eigenvalue weighted by Gasteiger charge is 2.07.